The zero-order valence-electron chi connectivity index (χ0n) is 8.83. The van der Waals surface area contributed by atoms with E-state index < -0.39 is 0 Å². The molecule has 1 radical (unpaired) electrons. The van der Waals surface area contributed by atoms with Gasteiger partial charge in [-0.25, -0.2) is 0 Å². The van der Waals surface area contributed by atoms with E-state index in [-0.39, 0.29) is 18.1 Å². The standard InChI is InChI=1S/C10H18NO2/c1-7(2)10(12)11-5-8(3)13-9(4)6-11/h8-9H,5-6H2,1-4H3/t8-,9+. The van der Waals surface area contributed by atoms with E-state index in [9.17, 15) is 4.79 Å². The van der Waals surface area contributed by atoms with Crippen LogP contribution < -0.4 is 0 Å². The summed E-state index contributed by atoms with van der Waals surface area (Å²) in [6.07, 6.45) is 0.319. The Hall–Kier alpha value is -0.570. The van der Waals surface area contributed by atoms with Gasteiger partial charge in [0, 0.05) is 13.1 Å². The van der Waals surface area contributed by atoms with Crippen LogP contribution in [0.25, 0.3) is 0 Å². The third-order valence-corrected chi connectivity index (χ3v) is 2.13. The van der Waals surface area contributed by atoms with Gasteiger partial charge >= 0.3 is 0 Å². The van der Waals surface area contributed by atoms with Crippen molar-refractivity contribution in [2.24, 2.45) is 0 Å². The van der Waals surface area contributed by atoms with E-state index in [1.807, 2.05) is 32.6 Å². The Labute approximate surface area is 80.1 Å². The first-order chi connectivity index (χ1) is 6.00. The number of hydrogen-bond acceptors (Lipinski definition) is 2. The van der Waals surface area contributed by atoms with Gasteiger partial charge in [0.25, 0.3) is 0 Å². The van der Waals surface area contributed by atoms with Gasteiger partial charge in [0.1, 0.15) is 0 Å². The maximum absolute atomic E-state index is 11.6. The van der Waals surface area contributed by atoms with Gasteiger partial charge in [-0.3, -0.25) is 4.79 Å². The average Bonchev–Trinajstić information content (AvgIpc) is 2.01. The molecule has 0 saturated carbocycles. The highest BCUT2D eigenvalue weighted by molar-refractivity contribution is 5.88. The highest BCUT2D eigenvalue weighted by Gasteiger charge is 2.27. The summed E-state index contributed by atoms with van der Waals surface area (Å²) >= 11 is 0. The summed E-state index contributed by atoms with van der Waals surface area (Å²) in [4.78, 5) is 13.5. The van der Waals surface area contributed by atoms with Crippen molar-refractivity contribution in [1.82, 2.24) is 4.90 Å². The van der Waals surface area contributed by atoms with Gasteiger partial charge in [0.05, 0.1) is 18.1 Å². The lowest BCUT2D eigenvalue weighted by Gasteiger charge is -2.36. The van der Waals surface area contributed by atoms with Crippen LogP contribution in [0.3, 0.4) is 0 Å². The number of amides is 1. The second kappa shape index (κ2) is 4.09. The molecule has 0 aliphatic carbocycles. The molecule has 1 amide bonds. The van der Waals surface area contributed by atoms with Crippen LogP contribution in [-0.2, 0) is 9.53 Å². The minimum Gasteiger partial charge on any atom is -0.372 e. The van der Waals surface area contributed by atoms with Gasteiger partial charge in [0.15, 0.2) is 0 Å². The molecule has 1 rings (SSSR count). The minimum atomic E-state index is 0.155. The summed E-state index contributed by atoms with van der Waals surface area (Å²) < 4.78 is 5.54. The largest absolute Gasteiger partial charge is 0.372 e. The van der Waals surface area contributed by atoms with E-state index in [4.69, 9.17) is 4.74 Å². The molecule has 0 aromatic heterocycles. The highest BCUT2D eigenvalue weighted by Crippen LogP contribution is 2.13. The smallest absolute Gasteiger partial charge is 0.229 e. The summed E-state index contributed by atoms with van der Waals surface area (Å²) in [5.41, 5.74) is 0. The zero-order chi connectivity index (χ0) is 10.0. The summed E-state index contributed by atoms with van der Waals surface area (Å²) in [5.74, 6) is 1.00. The third-order valence-electron chi connectivity index (χ3n) is 2.13. The maximum atomic E-state index is 11.6. The van der Waals surface area contributed by atoms with Crippen molar-refractivity contribution in [2.45, 2.75) is 39.9 Å². The minimum absolute atomic E-state index is 0.155. The van der Waals surface area contributed by atoms with Gasteiger partial charge in [-0.2, -0.15) is 0 Å². The van der Waals surface area contributed by atoms with E-state index >= 15 is 0 Å². The third kappa shape index (κ3) is 2.69. The van der Waals surface area contributed by atoms with Crippen LogP contribution in [0.4, 0.5) is 0 Å². The van der Waals surface area contributed by atoms with E-state index in [0.29, 0.717) is 13.1 Å². The summed E-state index contributed by atoms with van der Waals surface area (Å²) in [6.45, 7) is 9.14. The van der Waals surface area contributed by atoms with Gasteiger partial charge in [-0.1, -0.05) is 0 Å². The molecule has 0 unspecified atom stereocenters. The molecule has 1 aliphatic rings. The Morgan fingerprint density at radius 2 is 1.69 bits per heavy atom. The van der Waals surface area contributed by atoms with Crippen LogP contribution in [0.2, 0.25) is 0 Å². The molecule has 0 spiro atoms. The molecule has 1 aliphatic heterocycles. The number of hydrogen-bond donors (Lipinski definition) is 0. The predicted octanol–water partition coefficient (Wildman–Crippen LogP) is 1.24. The number of nitrogens with zero attached hydrogens (tertiary/aromatic N) is 1. The highest BCUT2D eigenvalue weighted by atomic mass is 16.5. The molecule has 1 heterocycles. The lowest BCUT2D eigenvalue weighted by atomic mass is 10.1. The molecule has 75 valence electrons. The first-order valence-corrected chi connectivity index (χ1v) is 4.75. The normalized spacial score (nSPS) is 29.5. The monoisotopic (exact) mass is 184 g/mol. The van der Waals surface area contributed by atoms with Crippen molar-refractivity contribution in [2.75, 3.05) is 13.1 Å². The zero-order valence-corrected chi connectivity index (χ0v) is 8.83. The summed E-state index contributed by atoms with van der Waals surface area (Å²) in [7, 11) is 0. The van der Waals surface area contributed by atoms with Gasteiger partial charge in [-0.15, -0.1) is 0 Å². The number of carbonyl (C=O) groups excluding carboxylic acids is 1. The maximum Gasteiger partial charge on any atom is 0.229 e. The molecule has 3 nitrogen and oxygen atoms in total. The van der Waals surface area contributed by atoms with Crippen LogP contribution in [-0.4, -0.2) is 36.1 Å². The van der Waals surface area contributed by atoms with Crippen LogP contribution in [0.15, 0.2) is 0 Å². The Kier molecular flexibility index (Phi) is 3.31. The van der Waals surface area contributed by atoms with Gasteiger partial charge in [0.2, 0.25) is 5.91 Å². The molecular weight excluding hydrogens is 166 g/mol. The lowest BCUT2D eigenvalue weighted by Crippen LogP contribution is -2.49. The molecule has 0 aromatic rings. The first-order valence-electron chi connectivity index (χ1n) is 4.75. The second-order valence-corrected chi connectivity index (χ2v) is 3.97. The Morgan fingerprint density at radius 1 is 1.23 bits per heavy atom. The molecule has 0 N–H and O–H groups in total. The molecule has 0 aromatic carbocycles. The van der Waals surface area contributed by atoms with E-state index in [1.165, 1.54) is 0 Å². The predicted molar refractivity (Wildman–Crippen MR) is 51.2 cm³/mol. The van der Waals surface area contributed by atoms with Gasteiger partial charge < -0.3 is 9.64 Å². The van der Waals surface area contributed by atoms with E-state index in [1.54, 1.807) is 0 Å². The molecule has 13 heavy (non-hydrogen) atoms. The quantitative estimate of drug-likeness (QED) is 0.613. The molecule has 0 bridgehead atoms. The fourth-order valence-electron chi connectivity index (χ4n) is 1.66. The van der Waals surface area contributed by atoms with Crippen molar-refractivity contribution >= 4 is 5.91 Å². The fourth-order valence-corrected chi connectivity index (χ4v) is 1.66. The lowest BCUT2D eigenvalue weighted by molar-refractivity contribution is -0.140. The Bertz CT molecular complexity index is 181. The molecule has 2 atom stereocenters. The molecule has 1 fully saturated rings. The van der Waals surface area contributed by atoms with Crippen LogP contribution in [0.1, 0.15) is 27.7 Å². The van der Waals surface area contributed by atoms with E-state index in [2.05, 4.69) is 0 Å². The average molecular weight is 184 g/mol. The topological polar surface area (TPSA) is 29.5 Å². The molecule has 1 saturated heterocycles. The first kappa shape index (κ1) is 10.5. The number of rotatable bonds is 1. The van der Waals surface area contributed by atoms with Gasteiger partial charge in [-0.05, 0) is 27.7 Å². The Balaban J connectivity index is 2.55. The van der Waals surface area contributed by atoms with Crippen LogP contribution >= 0.6 is 0 Å². The van der Waals surface area contributed by atoms with Crippen molar-refractivity contribution < 1.29 is 9.53 Å². The SMILES string of the molecule is C[C](C)C(=O)N1C[C@@H](C)O[C@@H](C)C1. The van der Waals surface area contributed by atoms with Crippen molar-refractivity contribution in [3.63, 3.8) is 0 Å². The second-order valence-electron chi connectivity index (χ2n) is 3.97. The number of ether oxygens (including phenoxy) is 1. The van der Waals surface area contributed by atoms with E-state index in [0.717, 1.165) is 5.92 Å². The van der Waals surface area contributed by atoms with Crippen LogP contribution in [0.5, 0.6) is 0 Å². The fraction of sp³-hybridized carbons (Fsp3) is 0.800. The molecular formula is C10H18NO2. The van der Waals surface area contributed by atoms with Crippen molar-refractivity contribution in [3.8, 4) is 0 Å². The number of morpholine rings is 1. The Morgan fingerprint density at radius 3 is 2.08 bits per heavy atom. The summed E-state index contributed by atoms with van der Waals surface area (Å²) in [5, 5.41) is 0. The molecule has 3 heteroatoms. The number of carbonyl (C=O) groups is 1. The van der Waals surface area contributed by atoms with Crippen molar-refractivity contribution in [3.05, 3.63) is 5.92 Å². The van der Waals surface area contributed by atoms with Crippen molar-refractivity contribution in [1.29, 1.82) is 0 Å². The summed E-state index contributed by atoms with van der Waals surface area (Å²) in [6, 6.07) is 0. The van der Waals surface area contributed by atoms with Crippen LogP contribution in [0, 0.1) is 5.92 Å².